The molecule has 0 radical (unpaired) electrons. The Bertz CT molecular complexity index is 1070. The molecular formula is C25H31FN6O3. The van der Waals surface area contributed by atoms with Crippen molar-refractivity contribution in [3.05, 3.63) is 60.1 Å². The Morgan fingerprint density at radius 1 is 1.26 bits per heavy atom. The number of aromatic nitrogens is 2. The van der Waals surface area contributed by atoms with Crippen molar-refractivity contribution in [2.75, 3.05) is 43.0 Å². The molecule has 2 amide bonds. The second-order valence-electron chi connectivity index (χ2n) is 8.79. The lowest BCUT2D eigenvalue weighted by Crippen LogP contribution is -2.47. The van der Waals surface area contributed by atoms with Gasteiger partial charge in [0.1, 0.15) is 12.4 Å². The molecule has 2 aromatic rings. The minimum atomic E-state index is -0.718. The number of hydrogen-bond acceptors (Lipinski definition) is 7. The summed E-state index contributed by atoms with van der Waals surface area (Å²) in [6.45, 7) is 11.5. The van der Waals surface area contributed by atoms with Gasteiger partial charge < -0.3 is 15.0 Å². The molecule has 1 N–H and O–H groups in total. The fourth-order valence-corrected chi connectivity index (χ4v) is 4.34. The van der Waals surface area contributed by atoms with Crippen molar-refractivity contribution in [3.63, 3.8) is 0 Å². The van der Waals surface area contributed by atoms with Gasteiger partial charge in [-0.2, -0.15) is 14.4 Å². The van der Waals surface area contributed by atoms with Gasteiger partial charge in [0, 0.05) is 38.8 Å². The minimum absolute atomic E-state index is 0.0181. The Labute approximate surface area is 204 Å². The largest absolute Gasteiger partial charge is 0.447 e. The first-order valence-corrected chi connectivity index (χ1v) is 11.9. The van der Waals surface area contributed by atoms with Gasteiger partial charge in [0.15, 0.2) is 0 Å². The maximum Gasteiger partial charge on any atom is 0.415 e. The molecule has 186 valence electrons. The molecular weight excluding hydrogens is 451 g/mol. The van der Waals surface area contributed by atoms with Crippen LogP contribution in [0.2, 0.25) is 0 Å². The molecule has 0 bridgehead atoms. The molecule has 1 aromatic carbocycles. The van der Waals surface area contributed by atoms with E-state index in [0.29, 0.717) is 19.5 Å². The molecule has 0 spiro atoms. The Morgan fingerprint density at radius 2 is 1.97 bits per heavy atom. The van der Waals surface area contributed by atoms with Crippen molar-refractivity contribution in [1.29, 1.82) is 0 Å². The fraction of sp³-hybridized carbons (Fsp3) is 0.440. The monoisotopic (exact) mass is 482 g/mol. The van der Waals surface area contributed by atoms with Gasteiger partial charge in [0.05, 0.1) is 12.1 Å². The molecule has 0 saturated carbocycles. The normalized spacial score (nSPS) is 19.4. The van der Waals surface area contributed by atoms with Crippen LogP contribution in [0.15, 0.2) is 43.0 Å². The van der Waals surface area contributed by atoms with Crippen LogP contribution in [0.1, 0.15) is 37.4 Å². The average Bonchev–Trinajstić information content (AvgIpc) is 3.24. The van der Waals surface area contributed by atoms with Crippen LogP contribution < -0.4 is 10.2 Å². The summed E-state index contributed by atoms with van der Waals surface area (Å²) >= 11 is 0. The summed E-state index contributed by atoms with van der Waals surface area (Å²) in [5.74, 6) is -0.440. The molecule has 2 fully saturated rings. The molecule has 2 aliphatic rings. The van der Waals surface area contributed by atoms with Crippen molar-refractivity contribution < 1.29 is 18.7 Å². The number of nitrogens with zero attached hydrogens (tertiary/aromatic N) is 5. The first-order valence-electron chi connectivity index (χ1n) is 11.9. The number of amides is 2. The number of carbonyl (C=O) groups is 2. The molecule has 1 aromatic heterocycles. The van der Waals surface area contributed by atoms with E-state index in [4.69, 9.17) is 4.74 Å². The smallest absolute Gasteiger partial charge is 0.415 e. The number of nitrogens with one attached hydrogen (secondary N) is 1. The number of rotatable bonds is 8. The first-order chi connectivity index (χ1) is 16.9. The maximum absolute atomic E-state index is 14.3. The Kier molecular flexibility index (Phi) is 7.60. The molecule has 10 heteroatoms. The van der Waals surface area contributed by atoms with Crippen LogP contribution in [0.25, 0.3) is 0 Å². The van der Waals surface area contributed by atoms with Crippen LogP contribution in [0, 0.1) is 5.95 Å². The van der Waals surface area contributed by atoms with E-state index in [2.05, 4.69) is 38.9 Å². The Balaban J connectivity index is 1.37. The second kappa shape index (κ2) is 10.8. The molecule has 9 nitrogen and oxygen atoms in total. The van der Waals surface area contributed by atoms with Crippen LogP contribution in [0.5, 0.6) is 0 Å². The van der Waals surface area contributed by atoms with Gasteiger partial charge in [-0.3, -0.25) is 14.6 Å². The summed E-state index contributed by atoms with van der Waals surface area (Å²) in [6.07, 6.45) is 1.51. The first kappa shape index (κ1) is 24.6. The van der Waals surface area contributed by atoms with E-state index in [0.717, 1.165) is 31.3 Å². The van der Waals surface area contributed by atoms with Gasteiger partial charge >= 0.3 is 6.09 Å². The Hall–Kier alpha value is -3.53. The van der Waals surface area contributed by atoms with E-state index in [-0.39, 0.29) is 36.4 Å². The summed E-state index contributed by atoms with van der Waals surface area (Å²) < 4.78 is 19.4. The zero-order chi connectivity index (χ0) is 24.9. The van der Waals surface area contributed by atoms with Crippen LogP contribution in [-0.4, -0.2) is 70.6 Å². The Morgan fingerprint density at radius 3 is 2.63 bits per heavy atom. The van der Waals surface area contributed by atoms with Crippen LogP contribution in [-0.2, 0) is 16.1 Å². The van der Waals surface area contributed by atoms with E-state index in [1.807, 2.05) is 30.9 Å². The van der Waals surface area contributed by atoms with Crippen molar-refractivity contribution in [2.45, 2.75) is 38.9 Å². The van der Waals surface area contributed by atoms with Crippen LogP contribution >= 0.6 is 0 Å². The molecule has 0 unspecified atom stereocenters. The third-order valence-corrected chi connectivity index (χ3v) is 6.45. The third kappa shape index (κ3) is 5.76. The lowest BCUT2D eigenvalue weighted by Gasteiger charge is -2.34. The van der Waals surface area contributed by atoms with E-state index >= 15 is 0 Å². The van der Waals surface area contributed by atoms with Gasteiger partial charge in [0.2, 0.25) is 17.8 Å². The van der Waals surface area contributed by atoms with Crippen molar-refractivity contribution in [1.82, 2.24) is 19.8 Å². The van der Waals surface area contributed by atoms with Gasteiger partial charge in [-0.25, -0.2) is 4.79 Å². The highest BCUT2D eigenvalue weighted by Crippen LogP contribution is 2.26. The maximum atomic E-state index is 14.3. The highest BCUT2D eigenvalue weighted by atomic mass is 19.1. The molecule has 3 heterocycles. The van der Waals surface area contributed by atoms with Gasteiger partial charge in [-0.15, -0.1) is 0 Å². The van der Waals surface area contributed by atoms with Crippen LogP contribution in [0.3, 0.4) is 0 Å². The number of carbonyl (C=O) groups excluding carboxylic acids is 2. The summed E-state index contributed by atoms with van der Waals surface area (Å²) in [5.41, 5.74) is 2.17. The average molecular weight is 483 g/mol. The third-order valence-electron chi connectivity index (χ3n) is 6.45. The SMILES string of the molecule is C=CC(=O)N1CCN(Cc2ccc([C@H](C)Nc3nc(F)cc(N4C(=O)OC[C@@H]4CC)n3)cc2)CC1. The number of cyclic esters (lactones) is 1. The zero-order valence-electron chi connectivity index (χ0n) is 20.1. The number of benzene rings is 1. The van der Waals surface area contributed by atoms with Crippen molar-refractivity contribution in [2.24, 2.45) is 0 Å². The van der Waals surface area contributed by atoms with Gasteiger partial charge in [-0.1, -0.05) is 37.8 Å². The van der Waals surface area contributed by atoms with Crippen molar-refractivity contribution >= 4 is 23.8 Å². The molecule has 2 atom stereocenters. The van der Waals surface area contributed by atoms with E-state index < -0.39 is 12.0 Å². The summed E-state index contributed by atoms with van der Waals surface area (Å²) in [5, 5.41) is 3.14. The number of anilines is 2. The predicted octanol–water partition coefficient (Wildman–Crippen LogP) is 3.35. The molecule has 4 rings (SSSR count). The quantitative estimate of drug-likeness (QED) is 0.456. The second-order valence-corrected chi connectivity index (χ2v) is 8.79. The lowest BCUT2D eigenvalue weighted by atomic mass is 10.1. The molecule has 35 heavy (non-hydrogen) atoms. The lowest BCUT2D eigenvalue weighted by molar-refractivity contribution is -0.127. The standard InChI is InChI=1S/C25H31FN6O3/c1-4-20-16-35-25(34)32(20)22-14-21(26)28-24(29-22)27-17(3)19-8-6-18(7-9-19)15-30-10-12-31(13-11-30)23(33)5-2/h5-9,14,17,20H,2,4,10-13,15-16H2,1,3H3,(H,27,28,29)/t17-,20-/m0/s1. The predicted molar refractivity (Wildman–Crippen MR) is 130 cm³/mol. The summed E-state index contributed by atoms with van der Waals surface area (Å²) in [7, 11) is 0. The van der Waals surface area contributed by atoms with Crippen LogP contribution in [0.4, 0.5) is 21.0 Å². The van der Waals surface area contributed by atoms with Crippen molar-refractivity contribution in [3.8, 4) is 0 Å². The highest BCUT2D eigenvalue weighted by molar-refractivity contribution is 5.89. The molecule has 2 saturated heterocycles. The fourth-order valence-electron chi connectivity index (χ4n) is 4.34. The van der Waals surface area contributed by atoms with Gasteiger partial charge in [-0.05, 0) is 30.5 Å². The number of piperazine rings is 1. The topological polar surface area (TPSA) is 90.9 Å². The molecule has 0 aliphatic carbocycles. The summed E-state index contributed by atoms with van der Waals surface area (Å²) in [4.78, 5) is 37.6. The zero-order valence-corrected chi connectivity index (χ0v) is 20.1. The van der Waals surface area contributed by atoms with E-state index in [9.17, 15) is 14.0 Å². The van der Waals surface area contributed by atoms with Gasteiger partial charge in [0.25, 0.3) is 0 Å². The summed E-state index contributed by atoms with van der Waals surface area (Å²) in [6, 6.07) is 8.97. The number of halogens is 1. The highest BCUT2D eigenvalue weighted by Gasteiger charge is 2.34. The minimum Gasteiger partial charge on any atom is -0.447 e. The van der Waals surface area contributed by atoms with E-state index in [1.54, 1.807) is 0 Å². The number of hydrogen-bond donors (Lipinski definition) is 1. The van der Waals surface area contributed by atoms with E-state index in [1.165, 1.54) is 16.5 Å². The molecule has 2 aliphatic heterocycles. The number of ether oxygens (including phenoxy) is 1.